The number of Topliss-reactive ketones (excluding diaryl/α,β-unsaturated/α-hetero) is 1. The second-order valence-corrected chi connectivity index (χ2v) is 7.10. The van der Waals surface area contributed by atoms with Crippen molar-refractivity contribution in [2.75, 3.05) is 13.1 Å². The molecule has 0 radical (unpaired) electrons. The number of rotatable bonds is 7. The van der Waals surface area contributed by atoms with Gasteiger partial charge in [0, 0.05) is 18.5 Å². The Morgan fingerprint density at radius 2 is 1.62 bits per heavy atom. The van der Waals surface area contributed by atoms with Crippen molar-refractivity contribution in [3.05, 3.63) is 35.9 Å². The van der Waals surface area contributed by atoms with E-state index in [1.54, 1.807) is 19.9 Å². The summed E-state index contributed by atoms with van der Waals surface area (Å²) < 4.78 is 34.5. The molecule has 7 heteroatoms. The lowest BCUT2D eigenvalue weighted by Gasteiger charge is -2.34. The topological polar surface area (TPSA) is 66.8 Å². The van der Waals surface area contributed by atoms with E-state index in [4.69, 9.17) is 4.74 Å². The van der Waals surface area contributed by atoms with Crippen molar-refractivity contribution in [3.63, 3.8) is 0 Å². The van der Waals surface area contributed by atoms with Crippen molar-refractivity contribution in [1.29, 1.82) is 0 Å². The van der Waals surface area contributed by atoms with E-state index in [-0.39, 0.29) is 5.56 Å². The standard InChI is InChI=1S/C19H27F2NO4/c1-6-22(7-2)17(25)26-16(18(3,4)5)15(24)19(20,21)14(23)13-11-9-8-10-12-13/h8-12,14,16,23H,6-7H2,1-5H3/t14-,16+/m1/s1. The number of carbonyl (C=O) groups excluding carboxylic acids is 2. The first-order chi connectivity index (χ1) is 12.0. The molecule has 0 aromatic heterocycles. The van der Waals surface area contributed by atoms with E-state index >= 15 is 0 Å². The molecule has 0 saturated carbocycles. The minimum absolute atomic E-state index is 0.0893. The summed E-state index contributed by atoms with van der Waals surface area (Å²) >= 11 is 0. The predicted octanol–water partition coefficient (Wildman–Crippen LogP) is 3.82. The average molecular weight is 371 g/mol. The Labute approximate surface area is 152 Å². The van der Waals surface area contributed by atoms with Crippen LogP contribution in [0.25, 0.3) is 0 Å². The molecule has 1 aromatic rings. The number of hydrogen-bond acceptors (Lipinski definition) is 4. The molecule has 1 N–H and O–H groups in total. The summed E-state index contributed by atoms with van der Waals surface area (Å²) in [5.74, 6) is -5.73. The van der Waals surface area contributed by atoms with Crippen molar-refractivity contribution >= 4 is 11.9 Å². The molecule has 26 heavy (non-hydrogen) atoms. The van der Waals surface area contributed by atoms with Gasteiger partial charge < -0.3 is 14.7 Å². The summed E-state index contributed by atoms with van der Waals surface area (Å²) in [7, 11) is 0. The molecule has 0 spiro atoms. The normalized spacial score (nSPS) is 14.5. The number of alkyl halides is 2. The lowest BCUT2D eigenvalue weighted by molar-refractivity contribution is -0.176. The van der Waals surface area contributed by atoms with Gasteiger partial charge in [-0.2, -0.15) is 8.78 Å². The number of carbonyl (C=O) groups is 2. The summed E-state index contributed by atoms with van der Waals surface area (Å²) in [6.07, 6.45) is -4.87. The van der Waals surface area contributed by atoms with Gasteiger partial charge in [0.15, 0.2) is 12.2 Å². The number of amides is 1. The molecule has 1 amide bonds. The molecule has 0 aliphatic rings. The maximum absolute atomic E-state index is 14.7. The van der Waals surface area contributed by atoms with Crippen molar-refractivity contribution in [2.24, 2.45) is 5.41 Å². The average Bonchev–Trinajstić information content (AvgIpc) is 2.59. The number of ether oxygens (including phenoxy) is 1. The van der Waals surface area contributed by atoms with E-state index < -0.39 is 35.4 Å². The van der Waals surface area contributed by atoms with Crippen LogP contribution in [-0.2, 0) is 9.53 Å². The van der Waals surface area contributed by atoms with E-state index in [2.05, 4.69) is 0 Å². The maximum Gasteiger partial charge on any atom is 0.410 e. The van der Waals surface area contributed by atoms with Crippen LogP contribution in [0.15, 0.2) is 30.3 Å². The van der Waals surface area contributed by atoms with Gasteiger partial charge in [-0.3, -0.25) is 4.79 Å². The Kier molecular flexibility index (Phi) is 7.26. The van der Waals surface area contributed by atoms with Crippen LogP contribution < -0.4 is 0 Å². The lowest BCUT2D eigenvalue weighted by atomic mass is 9.83. The van der Waals surface area contributed by atoms with Crippen LogP contribution in [0.2, 0.25) is 0 Å². The molecule has 0 saturated heterocycles. The van der Waals surface area contributed by atoms with Crippen LogP contribution in [0.3, 0.4) is 0 Å². The summed E-state index contributed by atoms with van der Waals surface area (Å²) in [5, 5.41) is 10.0. The number of ketones is 1. The highest BCUT2D eigenvalue weighted by atomic mass is 19.3. The summed E-state index contributed by atoms with van der Waals surface area (Å²) in [6, 6.07) is 7.20. The fourth-order valence-electron chi connectivity index (χ4n) is 2.43. The summed E-state index contributed by atoms with van der Waals surface area (Å²) in [6.45, 7) is 8.65. The molecule has 0 heterocycles. The highest BCUT2D eigenvalue weighted by molar-refractivity contribution is 5.92. The van der Waals surface area contributed by atoms with E-state index in [9.17, 15) is 23.5 Å². The Balaban J connectivity index is 3.13. The summed E-state index contributed by atoms with van der Waals surface area (Å²) in [5.41, 5.74) is -1.16. The zero-order chi connectivity index (χ0) is 20.1. The van der Waals surface area contributed by atoms with Crippen LogP contribution in [0.1, 0.15) is 46.3 Å². The first-order valence-electron chi connectivity index (χ1n) is 8.57. The fraction of sp³-hybridized carbons (Fsp3) is 0.579. The van der Waals surface area contributed by atoms with Gasteiger partial charge in [0.2, 0.25) is 5.78 Å². The largest absolute Gasteiger partial charge is 0.437 e. The van der Waals surface area contributed by atoms with E-state index in [1.165, 1.54) is 49.9 Å². The Morgan fingerprint density at radius 1 is 1.12 bits per heavy atom. The van der Waals surface area contributed by atoms with Crippen molar-refractivity contribution in [1.82, 2.24) is 4.90 Å². The molecular formula is C19H27F2NO4. The number of halogens is 2. The third-order valence-corrected chi connectivity index (χ3v) is 4.05. The number of aliphatic hydroxyl groups is 1. The Bertz CT molecular complexity index is 610. The minimum atomic E-state index is -4.11. The first-order valence-corrected chi connectivity index (χ1v) is 8.57. The van der Waals surface area contributed by atoms with Crippen LogP contribution in [-0.4, -0.2) is 47.0 Å². The molecule has 2 atom stereocenters. The van der Waals surface area contributed by atoms with Crippen molar-refractivity contribution < 1.29 is 28.2 Å². The molecule has 0 aliphatic heterocycles. The third kappa shape index (κ3) is 5.00. The molecule has 0 unspecified atom stereocenters. The van der Waals surface area contributed by atoms with Gasteiger partial charge in [0.1, 0.15) is 0 Å². The van der Waals surface area contributed by atoms with Gasteiger partial charge in [-0.15, -0.1) is 0 Å². The fourth-order valence-corrected chi connectivity index (χ4v) is 2.43. The van der Waals surface area contributed by atoms with Gasteiger partial charge >= 0.3 is 12.0 Å². The summed E-state index contributed by atoms with van der Waals surface area (Å²) in [4.78, 5) is 26.0. The molecule has 0 bridgehead atoms. The highest BCUT2D eigenvalue weighted by Gasteiger charge is 2.54. The number of hydrogen-bond donors (Lipinski definition) is 1. The number of benzene rings is 1. The molecule has 5 nitrogen and oxygen atoms in total. The maximum atomic E-state index is 14.7. The van der Waals surface area contributed by atoms with Gasteiger partial charge in [-0.1, -0.05) is 51.1 Å². The quantitative estimate of drug-likeness (QED) is 0.791. The predicted molar refractivity (Wildman–Crippen MR) is 94.0 cm³/mol. The van der Waals surface area contributed by atoms with E-state index in [1.807, 2.05) is 0 Å². The Morgan fingerprint density at radius 3 is 2.04 bits per heavy atom. The Hall–Kier alpha value is -2.02. The van der Waals surface area contributed by atoms with Gasteiger partial charge in [-0.05, 0) is 19.4 Å². The van der Waals surface area contributed by atoms with Crippen molar-refractivity contribution in [3.8, 4) is 0 Å². The molecule has 0 aliphatic carbocycles. The van der Waals surface area contributed by atoms with Gasteiger partial charge in [-0.25, -0.2) is 4.79 Å². The zero-order valence-corrected chi connectivity index (χ0v) is 15.8. The SMILES string of the molecule is CCN(CC)C(=O)O[C@@H](C(=O)C(F)(F)[C@H](O)c1ccccc1)C(C)(C)C. The lowest BCUT2D eigenvalue weighted by Crippen LogP contribution is -2.51. The third-order valence-electron chi connectivity index (χ3n) is 4.05. The van der Waals surface area contributed by atoms with Crippen LogP contribution in [0.4, 0.5) is 13.6 Å². The monoisotopic (exact) mass is 371 g/mol. The number of aliphatic hydroxyl groups excluding tert-OH is 1. The smallest absolute Gasteiger partial charge is 0.410 e. The second kappa shape index (κ2) is 8.58. The molecule has 0 fully saturated rings. The molecule has 1 aromatic carbocycles. The zero-order valence-electron chi connectivity index (χ0n) is 15.8. The van der Waals surface area contributed by atoms with Crippen LogP contribution in [0.5, 0.6) is 0 Å². The van der Waals surface area contributed by atoms with E-state index in [0.29, 0.717) is 13.1 Å². The molecule has 1 rings (SSSR count). The van der Waals surface area contributed by atoms with Crippen molar-refractivity contribution in [2.45, 2.75) is 52.7 Å². The molecular weight excluding hydrogens is 344 g/mol. The van der Waals surface area contributed by atoms with Gasteiger partial charge in [0.25, 0.3) is 0 Å². The minimum Gasteiger partial charge on any atom is -0.437 e. The highest BCUT2D eigenvalue weighted by Crippen LogP contribution is 2.37. The molecule has 146 valence electrons. The van der Waals surface area contributed by atoms with E-state index in [0.717, 1.165) is 0 Å². The van der Waals surface area contributed by atoms with Gasteiger partial charge in [0.05, 0.1) is 0 Å². The first kappa shape index (κ1) is 22.0. The number of nitrogens with zero attached hydrogens (tertiary/aromatic N) is 1. The van der Waals surface area contributed by atoms with Crippen LogP contribution >= 0.6 is 0 Å². The van der Waals surface area contributed by atoms with Crippen LogP contribution in [0, 0.1) is 5.41 Å². The second-order valence-electron chi connectivity index (χ2n) is 7.10.